The van der Waals surface area contributed by atoms with Crippen molar-refractivity contribution in [2.75, 3.05) is 11.4 Å². The molecule has 2 aromatic rings. The average molecular weight is 285 g/mol. The zero-order chi connectivity index (χ0) is 14.8. The first-order chi connectivity index (χ1) is 10.1. The predicted octanol–water partition coefficient (Wildman–Crippen LogP) is 1.37. The SMILES string of the molecule is O=C(O)C1CC(=O)N(c2ccc(Cn3ccnc3)cc2)C1. The van der Waals surface area contributed by atoms with Crippen LogP contribution < -0.4 is 4.90 Å². The van der Waals surface area contributed by atoms with Crippen LogP contribution in [0.1, 0.15) is 12.0 Å². The third-order valence-electron chi connectivity index (χ3n) is 3.65. The molecular weight excluding hydrogens is 270 g/mol. The molecule has 1 aromatic carbocycles. The lowest BCUT2D eigenvalue weighted by Gasteiger charge is -2.16. The molecule has 1 aliphatic rings. The third-order valence-corrected chi connectivity index (χ3v) is 3.65. The molecule has 1 amide bonds. The van der Waals surface area contributed by atoms with Gasteiger partial charge < -0.3 is 14.6 Å². The summed E-state index contributed by atoms with van der Waals surface area (Å²) in [7, 11) is 0. The van der Waals surface area contributed by atoms with E-state index in [1.807, 2.05) is 35.0 Å². The fourth-order valence-corrected chi connectivity index (χ4v) is 2.49. The molecule has 6 heteroatoms. The Kier molecular flexibility index (Phi) is 3.43. The summed E-state index contributed by atoms with van der Waals surface area (Å²) in [4.78, 5) is 28.4. The minimum atomic E-state index is -0.914. The first-order valence-corrected chi connectivity index (χ1v) is 6.71. The number of carbonyl (C=O) groups excluding carboxylic acids is 1. The lowest BCUT2D eigenvalue weighted by molar-refractivity contribution is -0.141. The van der Waals surface area contributed by atoms with E-state index in [0.29, 0.717) is 6.54 Å². The maximum absolute atomic E-state index is 11.9. The van der Waals surface area contributed by atoms with E-state index in [2.05, 4.69) is 4.98 Å². The molecule has 1 unspecified atom stereocenters. The molecule has 2 heterocycles. The quantitative estimate of drug-likeness (QED) is 0.920. The Hall–Kier alpha value is -2.63. The van der Waals surface area contributed by atoms with E-state index < -0.39 is 11.9 Å². The second kappa shape index (κ2) is 5.40. The van der Waals surface area contributed by atoms with Crippen LogP contribution in [0, 0.1) is 5.92 Å². The van der Waals surface area contributed by atoms with Gasteiger partial charge in [0.2, 0.25) is 5.91 Å². The van der Waals surface area contributed by atoms with E-state index in [1.54, 1.807) is 17.4 Å². The van der Waals surface area contributed by atoms with Crippen LogP contribution in [0.3, 0.4) is 0 Å². The first-order valence-electron chi connectivity index (χ1n) is 6.71. The van der Waals surface area contributed by atoms with E-state index in [0.717, 1.165) is 11.3 Å². The van der Waals surface area contributed by atoms with Crippen molar-refractivity contribution in [3.8, 4) is 0 Å². The van der Waals surface area contributed by atoms with Gasteiger partial charge in [-0.2, -0.15) is 0 Å². The van der Waals surface area contributed by atoms with Gasteiger partial charge in [0.05, 0.1) is 12.2 Å². The number of anilines is 1. The van der Waals surface area contributed by atoms with Crippen molar-refractivity contribution in [3.05, 3.63) is 48.5 Å². The highest BCUT2D eigenvalue weighted by Gasteiger charge is 2.34. The number of amides is 1. The third kappa shape index (κ3) is 2.79. The van der Waals surface area contributed by atoms with Crippen molar-refractivity contribution < 1.29 is 14.7 Å². The smallest absolute Gasteiger partial charge is 0.308 e. The molecule has 0 radical (unpaired) electrons. The molecular formula is C15H15N3O3. The Morgan fingerprint density at radius 3 is 2.67 bits per heavy atom. The lowest BCUT2D eigenvalue weighted by atomic mass is 10.1. The minimum Gasteiger partial charge on any atom is -0.481 e. The van der Waals surface area contributed by atoms with Gasteiger partial charge in [0.15, 0.2) is 0 Å². The summed E-state index contributed by atoms with van der Waals surface area (Å²) in [5.74, 6) is -1.66. The molecule has 108 valence electrons. The fraction of sp³-hybridized carbons (Fsp3) is 0.267. The molecule has 1 N–H and O–H groups in total. The number of aromatic nitrogens is 2. The lowest BCUT2D eigenvalue weighted by Crippen LogP contribution is -2.25. The molecule has 6 nitrogen and oxygen atoms in total. The number of carboxylic acid groups (broad SMARTS) is 1. The van der Waals surface area contributed by atoms with Gasteiger partial charge in [0, 0.05) is 37.6 Å². The highest BCUT2D eigenvalue weighted by molar-refractivity contribution is 5.99. The van der Waals surface area contributed by atoms with E-state index in [-0.39, 0.29) is 18.9 Å². The zero-order valence-corrected chi connectivity index (χ0v) is 11.3. The van der Waals surface area contributed by atoms with Crippen LogP contribution in [0.25, 0.3) is 0 Å². The van der Waals surface area contributed by atoms with Crippen LogP contribution in [0.15, 0.2) is 43.0 Å². The number of carbonyl (C=O) groups is 2. The highest BCUT2D eigenvalue weighted by Crippen LogP contribution is 2.25. The fourth-order valence-electron chi connectivity index (χ4n) is 2.49. The molecule has 1 atom stereocenters. The standard InChI is InChI=1S/C15H15N3O3/c19-14-7-12(15(20)21)9-18(14)13-3-1-11(2-4-13)8-17-6-5-16-10-17/h1-6,10,12H,7-9H2,(H,20,21). The summed E-state index contributed by atoms with van der Waals surface area (Å²) < 4.78 is 1.95. The Bertz CT molecular complexity index is 649. The van der Waals surface area contributed by atoms with E-state index in [1.165, 1.54) is 0 Å². The summed E-state index contributed by atoms with van der Waals surface area (Å²) in [5.41, 5.74) is 1.84. The second-order valence-corrected chi connectivity index (χ2v) is 5.15. The van der Waals surface area contributed by atoms with Gasteiger partial charge in [0.25, 0.3) is 0 Å². The number of hydrogen-bond acceptors (Lipinski definition) is 3. The number of hydrogen-bond donors (Lipinski definition) is 1. The predicted molar refractivity (Wildman–Crippen MR) is 75.9 cm³/mol. The molecule has 1 fully saturated rings. The van der Waals surface area contributed by atoms with Crippen molar-refractivity contribution >= 4 is 17.6 Å². The summed E-state index contributed by atoms with van der Waals surface area (Å²) in [6.07, 6.45) is 5.43. The van der Waals surface area contributed by atoms with Crippen LogP contribution in [-0.4, -0.2) is 33.1 Å². The zero-order valence-electron chi connectivity index (χ0n) is 11.3. The van der Waals surface area contributed by atoms with Crippen LogP contribution in [0.5, 0.6) is 0 Å². The maximum Gasteiger partial charge on any atom is 0.308 e. The number of imidazole rings is 1. The molecule has 0 aliphatic carbocycles. The molecule has 21 heavy (non-hydrogen) atoms. The van der Waals surface area contributed by atoms with E-state index >= 15 is 0 Å². The number of carboxylic acids is 1. The topological polar surface area (TPSA) is 75.4 Å². The van der Waals surface area contributed by atoms with Gasteiger partial charge in [0.1, 0.15) is 0 Å². The Morgan fingerprint density at radius 2 is 2.10 bits per heavy atom. The van der Waals surface area contributed by atoms with Crippen molar-refractivity contribution in [1.29, 1.82) is 0 Å². The van der Waals surface area contributed by atoms with Crippen LogP contribution >= 0.6 is 0 Å². The monoisotopic (exact) mass is 285 g/mol. The maximum atomic E-state index is 11.9. The van der Waals surface area contributed by atoms with Crippen molar-refractivity contribution in [2.24, 2.45) is 5.92 Å². The average Bonchev–Trinajstić information content (AvgIpc) is 3.09. The van der Waals surface area contributed by atoms with E-state index in [4.69, 9.17) is 5.11 Å². The number of benzene rings is 1. The molecule has 1 aliphatic heterocycles. The van der Waals surface area contributed by atoms with Gasteiger partial charge in [-0.05, 0) is 17.7 Å². The molecule has 0 saturated carbocycles. The Balaban J connectivity index is 1.72. The molecule has 3 rings (SSSR count). The van der Waals surface area contributed by atoms with Gasteiger partial charge in [-0.3, -0.25) is 9.59 Å². The summed E-state index contributed by atoms with van der Waals surface area (Å²) in [6, 6.07) is 7.59. The highest BCUT2D eigenvalue weighted by atomic mass is 16.4. The van der Waals surface area contributed by atoms with Gasteiger partial charge in [-0.15, -0.1) is 0 Å². The second-order valence-electron chi connectivity index (χ2n) is 5.15. The Morgan fingerprint density at radius 1 is 1.33 bits per heavy atom. The minimum absolute atomic E-state index is 0.0755. The molecule has 1 aromatic heterocycles. The van der Waals surface area contributed by atoms with Crippen LogP contribution in [0.4, 0.5) is 5.69 Å². The number of aliphatic carboxylic acids is 1. The van der Waals surface area contributed by atoms with Crippen molar-refractivity contribution in [1.82, 2.24) is 9.55 Å². The molecule has 0 spiro atoms. The number of nitrogens with zero attached hydrogens (tertiary/aromatic N) is 3. The Labute approximate surface area is 121 Å². The summed E-state index contributed by atoms with van der Waals surface area (Å²) >= 11 is 0. The summed E-state index contributed by atoms with van der Waals surface area (Å²) in [5, 5.41) is 9.00. The largest absolute Gasteiger partial charge is 0.481 e. The normalized spacial score (nSPS) is 18.2. The molecule has 1 saturated heterocycles. The summed E-state index contributed by atoms with van der Waals surface area (Å²) in [6.45, 7) is 0.959. The molecule has 0 bridgehead atoms. The van der Waals surface area contributed by atoms with Crippen molar-refractivity contribution in [3.63, 3.8) is 0 Å². The van der Waals surface area contributed by atoms with Crippen LogP contribution in [-0.2, 0) is 16.1 Å². The number of rotatable bonds is 4. The van der Waals surface area contributed by atoms with Gasteiger partial charge >= 0.3 is 5.97 Å². The first kappa shape index (κ1) is 13.4. The van der Waals surface area contributed by atoms with Gasteiger partial charge in [-0.25, -0.2) is 4.98 Å². The van der Waals surface area contributed by atoms with Crippen LogP contribution in [0.2, 0.25) is 0 Å². The van der Waals surface area contributed by atoms with Gasteiger partial charge in [-0.1, -0.05) is 12.1 Å². The van der Waals surface area contributed by atoms with E-state index in [9.17, 15) is 9.59 Å². The van der Waals surface area contributed by atoms with Crippen molar-refractivity contribution in [2.45, 2.75) is 13.0 Å².